The van der Waals surface area contributed by atoms with Crippen molar-refractivity contribution in [1.82, 2.24) is 20.2 Å². The molecule has 1 aliphatic rings. The SMILES string of the molecule is Nc1cc(Cl)c(Sc2nnnn2C2CCCC2)c(Cl)c1. The van der Waals surface area contributed by atoms with Crippen LogP contribution in [0, 0.1) is 0 Å². The van der Waals surface area contributed by atoms with E-state index in [4.69, 9.17) is 28.9 Å². The molecule has 0 radical (unpaired) electrons. The van der Waals surface area contributed by atoms with E-state index < -0.39 is 0 Å². The van der Waals surface area contributed by atoms with E-state index in [1.54, 1.807) is 12.1 Å². The predicted octanol–water partition coefficient (Wildman–Crippen LogP) is 3.83. The average Bonchev–Trinajstić information content (AvgIpc) is 3.04. The van der Waals surface area contributed by atoms with Gasteiger partial charge in [-0.05, 0) is 47.2 Å². The van der Waals surface area contributed by atoms with Crippen molar-refractivity contribution in [2.24, 2.45) is 0 Å². The molecule has 1 saturated carbocycles. The molecule has 20 heavy (non-hydrogen) atoms. The van der Waals surface area contributed by atoms with Gasteiger partial charge in [0.25, 0.3) is 0 Å². The van der Waals surface area contributed by atoms with Crippen molar-refractivity contribution < 1.29 is 0 Å². The fourth-order valence-electron chi connectivity index (χ4n) is 2.40. The minimum Gasteiger partial charge on any atom is -0.399 e. The minimum absolute atomic E-state index is 0.374. The van der Waals surface area contributed by atoms with Crippen LogP contribution in [-0.2, 0) is 0 Å². The van der Waals surface area contributed by atoms with E-state index in [9.17, 15) is 0 Å². The molecule has 1 heterocycles. The van der Waals surface area contributed by atoms with Crippen LogP contribution in [0.2, 0.25) is 10.0 Å². The third-order valence-electron chi connectivity index (χ3n) is 3.35. The minimum atomic E-state index is 0.374. The summed E-state index contributed by atoms with van der Waals surface area (Å²) in [5, 5.41) is 13.7. The molecule has 0 spiro atoms. The van der Waals surface area contributed by atoms with Gasteiger partial charge in [-0.25, -0.2) is 4.68 Å². The van der Waals surface area contributed by atoms with E-state index in [1.165, 1.54) is 24.6 Å². The Morgan fingerprint density at radius 3 is 2.50 bits per heavy atom. The van der Waals surface area contributed by atoms with Crippen LogP contribution in [0.25, 0.3) is 0 Å². The van der Waals surface area contributed by atoms with Crippen LogP contribution in [0.5, 0.6) is 0 Å². The van der Waals surface area contributed by atoms with Crippen molar-refractivity contribution in [1.29, 1.82) is 0 Å². The number of tetrazole rings is 1. The monoisotopic (exact) mass is 329 g/mol. The Kier molecular flexibility index (Phi) is 4.05. The molecule has 8 heteroatoms. The first kappa shape index (κ1) is 14.0. The maximum absolute atomic E-state index is 6.20. The van der Waals surface area contributed by atoms with Gasteiger partial charge >= 0.3 is 0 Å². The summed E-state index contributed by atoms with van der Waals surface area (Å²) in [6, 6.07) is 3.73. The van der Waals surface area contributed by atoms with Crippen molar-refractivity contribution in [2.75, 3.05) is 5.73 Å². The second-order valence-corrected chi connectivity index (χ2v) is 6.55. The van der Waals surface area contributed by atoms with Crippen molar-refractivity contribution in [2.45, 2.75) is 41.8 Å². The summed E-state index contributed by atoms with van der Waals surface area (Å²) < 4.78 is 1.88. The van der Waals surface area contributed by atoms with Gasteiger partial charge in [-0.15, -0.1) is 5.10 Å². The molecule has 0 saturated heterocycles. The summed E-state index contributed by atoms with van der Waals surface area (Å²) in [6.07, 6.45) is 4.67. The second kappa shape index (κ2) is 5.79. The molecule has 1 aliphatic carbocycles. The molecule has 0 atom stereocenters. The van der Waals surface area contributed by atoms with E-state index in [1.807, 2.05) is 4.68 Å². The van der Waals surface area contributed by atoms with Gasteiger partial charge in [0.05, 0.1) is 21.0 Å². The third-order valence-corrected chi connectivity index (χ3v) is 5.26. The highest BCUT2D eigenvalue weighted by atomic mass is 35.5. The molecule has 0 amide bonds. The molecule has 1 aromatic carbocycles. The summed E-state index contributed by atoms with van der Waals surface area (Å²) in [6.45, 7) is 0. The molecule has 1 fully saturated rings. The number of rotatable bonds is 3. The summed E-state index contributed by atoms with van der Waals surface area (Å²) in [5.74, 6) is 0. The van der Waals surface area contributed by atoms with Gasteiger partial charge in [0, 0.05) is 5.69 Å². The van der Waals surface area contributed by atoms with Gasteiger partial charge in [-0.3, -0.25) is 0 Å². The largest absolute Gasteiger partial charge is 0.399 e. The first-order valence-corrected chi connectivity index (χ1v) is 7.92. The predicted molar refractivity (Wildman–Crippen MR) is 80.3 cm³/mol. The smallest absolute Gasteiger partial charge is 0.214 e. The topological polar surface area (TPSA) is 69.6 Å². The lowest BCUT2D eigenvalue weighted by atomic mass is 10.3. The van der Waals surface area contributed by atoms with Gasteiger partial charge in [0.2, 0.25) is 5.16 Å². The number of hydrogen-bond donors (Lipinski definition) is 1. The van der Waals surface area contributed by atoms with Crippen LogP contribution < -0.4 is 5.73 Å². The molecule has 0 unspecified atom stereocenters. The molecule has 2 aromatic rings. The number of anilines is 1. The average molecular weight is 330 g/mol. The highest BCUT2D eigenvalue weighted by Gasteiger charge is 2.23. The van der Waals surface area contributed by atoms with E-state index in [0.29, 0.717) is 26.9 Å². The van der Waals surface area contributed by atoms with E-state index in [0.717, 1.165) is 17.7 Å². The highest BCUT2D eigenvalue weighted by Crippen LogP contribution is 2.40. The summed E-state index contributed by atoms with van der Waals surface area (Å²) >= 11 is 13.8. The van der Waals surface area contributed by atoms with Crippen LogP contribution in [0.4, 0.5) is 5.69 Å². The normalized spacial score (nSPS) is 15.9. The molecule has 5 nitrogen and oxygen atoms in total. The zero-order valence-corrected chi connectivity index (χ0v) is 12.9. The van der Waals surface area contributed by atoms with Crippen LogP contribution in [0.15, 0.2) is 22.2 Å². The van der Waals surface area contributed by atoms with E-state index in [-0.39, 0.29) is 0 Å². The molecule has 2 N–H and O–H groups in total. The van der Waals surface area contributed by atoms with Crippen LogP contribution in [-0.4, -0.2) is 20.2 Å². The lowest BCUT2D eigenvalue weighted by molar-refractivity contribution is 0.423. The Morgan fingerprint density at radius 2 is 1.85 bits per heavy atom. The Hall–Kier alpha value is -0.980. The third kappa shape index (κ3) is 2.73. The van der Waals surface area contributed by atoms with E-state index in [2.05, 4.69) is 15.5 Å². The lowest BCUT2D eigenvalue weighted by Gasteiger charge is -2.12. The molecule has 106 valence electrons. The summed E-state index contributed by atoms with van der Waals surface area (Å²) in [7, 11) is 0. The first-order chi connectivity index (χ1) is 9.65. The number of nitrogens with two attached hydrogens (primary N) is 1. The second-order valence-electron chi connectivity index (χ2n) is 4.76. The zero-order chi connectivity index (χ0) is 14.1. The van der Waals surface area contributed by atoms with Crippen molar-refractivity contribution >= 4 is 40.7 Å². The van der Waals surface area contributed by atoms with Crippen molar-refractivity contribution in [3.63, 3.8) is 0 Å². The fraction of sp³-hybridized carbons (Fsp3) is 0.417. The Labute approximate surface area is 130 Å². The molecular weight excluding hydrogens is 317 g/mol. The standard InChI is InChI=1S/C12H13Cl2N5S/c13-9-5-7(15)6-10(14)11(9)20-12-16-17-18-19(12)8-3-1-2-4-8/h5-6,8H,1-4,15H2. The number of benzene rings is 1. The zero-order valence-electron chi connectivity index (χ0n) is 10.6. The number of halogens is 2. The fourth-order valence-corrected chi connectivity index (χ4v) is 3.99. The van der Waals surface area contributed by atoms with Crippen LogP contribution >= 0.6 is 35.0 Å². The maximum atomic E-state index is 6.20. The van der Waals surface area contributed by atoms with Crippen molar-refractivity contribution in [3.05, 3.63) is 22.2 Å². The molecular formula is C12H13Cl2N5S. The number of aromatic nitrogens is 4. The maximum Gasteiger partial charge on any atom is 0.214 e. The van der Waals surface area contributed by atoms with Crippen LogP contribution in [0.3, 0.4) is 0 Å². The van der Waals surface area contributed by atoms with Gasteiger partial charge < -0.3 is 5.73 Å². The first-order valence-electron chi connectivity index (χ1n) is 6.35. The highest BCUT2D eigenvalue weighted by molar-refractivity contribution is 7.99. The lowest BCUT2D eigenvalue weighted by Crippen LogP contribution is -2.08. The Balaban J connectivity index is 1.90. The molecule has 1 aromatic heterocycles. The molecule has 0 bridgehead atoms. The van der Waals surface area contributed by atoms with E-state index >= 15 is 0 Å². The van der Waals surface area contributed by atoms with Gasteiger partial charge in [-0.1, -0.05) is 36.0 Å². The van der Waals surface area contributed by atoms with Crippen LogP contribution in [0.1, 0.15) is 31.7 Å². The number of nitrogen functional groups attached to an aromatic ring is 1. The Morgan fingerprint density at radius 1 is 1.20 bits per heavy atom. The van der Waals surface area contributed by atoms with Gasteiger partial charge in [0.15, 0.2) is 0 Å². The molecule has 3 rings (SSSR count). The van der Waals surface area contributed by atoms with Gasteiger partial charge in [0.1, 0.15) is 0 Å². The Bertz CT molecular complexity index is 601. The van der Waals surface area contributed by atoms with Gasteiger partial charge in [-0.2, -0.15) is 0 Å². The summed E-state index contributed by atoms with van der Waals surface area (Å²) in [5.41, 5.74) is 6.25. The number of hydrogen-bond acceptors (Lipinski definition) is 5. The molecule has 0 aliphatic heterocycles. The van der Waals surface area contributed by atoms with Crippen molar-refractivity contribution in [3.8, 4) is 0 Å². The summed E-state index contributed by atoms with van der Waals surface area (Å²) in [4.78, 5) is 0.733. The number of nitrogens with zero attached hydrogens (tertiary/aromatic N) is 4. The quantitative estimate of drug-likeness (QED) is 0.866.